The van der Waals surface area contributed by atoms with Crippen LogP contribution in [0.1, 0.15) is 59.8 Å². The van der Waals surface area contributed by atoms with E-state index < -0.39 is 0 Å². The number of fused-ring (bicyclic) bond motifs is 1. The van der Waals surface area contributed by atoms with Crippen LogP contribution in [0.4, 0.5) is 5.69 Å². The summed E-state index contributed by atoms with van der Waals surface area (Å²) in [5.41, 5.74) is 5.12. The molecule has 0 radical (unpaired) electrons. The Labute approximate surface area is 251 Å². The number of nitrogens with zero attached hydrogens (tertiary/aromatic N) is 3. The van der Waals surface area contributed by atoms with Gasteiger partial charge in [0.2, 0.25) is 5.71 Å². The Hall–Kier alpha value is -3.35. The van der Waals surface area contributed by atoms with Crippen molar-refractivity contribution in [2.75, 3.05) is 38.6 Å². The van der Waals surface area contributed by atoms with Gasteiger partial charge in [0.1, 0.15) is 18.1 Å². The Morgan fingerprint density at radius 3 is 2.26 bits per heavy atom. The van der Waals surface area contributed by atoms with Crippen LogP contribution in [0.25, 0.3) is 33.6 Å². The maximum absolute atomic E-state index is 6.56. The summed E-state index contributed by atoms with van der Waals surface area (Å²) in [6, 6.07) is 21.3. The van der Waals surface area contributed by atoms with E-state index in [4.69, 9.17) is 14.1 Å². The van der Waals surface area contributed by atoms with Gasteiger partial charge in [0.05, 0.1) is 5.39 Å². The van der Waals surface area contributed by atoms with E-state index in [1.54, 1.807) is 0 Å². The number of likely N-dealkylation sites (tertiary alicyclic amines) is 2. The molecule has 42 heavy (non-hydrogen) atoms. The van der Waals surface area contributed by atoms with Gasteiger partial charge in [-0.25, -0.2) is 4.98 Å². The van der Waals surface area contributed by atoms with Crippen molar-refractivity contribution in [2.24, 2.45) is 0 Å². The van der Waals surface area contributed by atoms with Crippen molar-refractivity contribution >= 4 is 16.8 Å². The molecule has 1 N–H and O–H groups in total. The summed E-state index contributed by atoms with van der Waals surface area (Å²) in [6.07, 6.45) is 7.93. The summed E-state index contributed by atoms with van der Waals surface area (Å²) in [5, 5.41) is 4.98. The third-order valence-corrected chi connectivity index (χ3v) is 9.56. The van der Waals surface area contributed by atoms with Crippen LogP contribution in [0.3, 0.4) is 0 Å². The molecule has 0 amide bonds. The summed E-state index contributed by atoms with van der Waals surface area (Å²) in [4.78, 5) is 9.72. The average Bonchev–Trinajstić information content (AvgIpc) is 3.38. The van der Waals surface area contributed by atoms with Crippen molar-refractivity contribution in [1.82, 2.24) is 14.8 Å². The second kappa shape index (κ2) is 11.7. The van der Waals surface area contributed by atoms with Crippen LogP contribution in [0.15, 0.2) is 71.3 Å². The Balaban J connectivity index is 1.31. The van der Waals surface area contributed by atoms with Crippen LogP contribution in [-0.2, 0) is 0 Å². The number of benzene rings is 2. The van der Waals surface area contributed by atoms with Crippen molar-refractivity contribution < 1.29 is 9.15 Å². The number of nitrogens with one attached hydrogen (secondary N) is 1. The number of piperidine rings is 2. The fourth-order valence-electron chi connectivity index (χ4n) is 7.10. The first-order chi connectivity index (χ1) is 20.2. The molecular formula is C36H46N4O2. The number of rotatable bonds is 8. The lowest BCUT2D eigenvalue weighted by Crippen LogP contribution is -2.61. The summed E-state index contributed by atoms with van der Waals surface area (Å²) in [7, 11) is 2.25. The van der Waals surface area contributed by atoms with Crippen LogP contribution in [0, 0.1) is 0 Å². The summed E-state index contributed by atoms with van der Waals surface area (Å²) >= 11 is 0. The fourth-order valence-corrected chi connectivity index (χ4v) is 7.10. The molecule has 0 saturated carbocycles. The quantitative estimate of drug-likeness (QED) is 0.233. The number of aromatic nitrogens is 1. The van der Waals surface area contributed by atoms with Crippen LogP contribution in [0.5, 0.6) is 5.75 Å². The van der Waals surface area contributed by atoms with E-state index >= 15 is 0 Å². The van der Waals surface area contributed by atoms with Gasteiger partial charge in [-0.3, -0.25) is 9.80 Å². The van der Waals surface area contributed by atoms with Gasteiger partial charge in [-0.15, -0.1) is 0 Å². The largest absolute Gasteiger partial charge is 0.492 e. The number of ether oxygens (including phenoxy) is 1. The summed E-state index contributed by atoms with van der Waals surface area (Å²) in [5.74, 6) is 1.72. The molecule has 2 saturated heterocycles. The molecular weight excluding hydrogens is 520 g/mol. The molecule has 6 nitrogen and oxygen atoms in total. The molecule has 6 heteroatoms. The molecule has 0 atom stereocenters. The second-order valence-electron chi connectivity index (χ2n) is 13.4. The lowest BCUT2D eigenvalue weighted by molar-refractivity contribution is -0.00765. The predicted octanol–water partition coefficient (Wildman–Crippen LogP) is 8.09. The van der Waals surface area contributed by atoms with Gasteiger partial charge >= 0.3 is 0 Å². The molecule has 4 aromatic rings. The molecule has 2 aliphatic heterocycles. The highest BCUT2D eigenvalue weighted by Crippen LogP contribution is 2.45. The third kappa shape index (κ3) is 5.93. The van der Waals surface area contributed by atoms with Crippen LogP contribution < -0.4 is 10.1 Å². The first-order valence-corrected chi connectivity index (χ1v) is 15.6. The van der Waals surface area contributed by atoms with Crippen molar-refractivity contribution in [3.05, 3.63) is 66.9 Å². The van der Waals surface area contributed by atoms with E-state index in [0.717, 1.165) is 58.7 Å². The molecule has 6 rings (SSSR count). The zero-order valence-corrected chi connectivity index (χ0v) is 26.0. The molecule has 2 fully saturated rings. The molecule has 222 valence electrons. The van der Waals surface area contributed by atoms with E-state index in [1.807, 2.05) is 6.20 Å². The first kappa shape index (κ1) is 28.8. The molecule has 0 aliphatic carbocycles. The van der Waals surface area contributed by atoms with Crippen molar-refractivity contribution in [3.8, 4) is 28.2 Å². The monoisotopic (exact) mass is 566 g/mol. The highest BCUT2D eigenvalue weighted by molar-refractivity contribution is 6.07. The Bertz CT molecular complexity index is 1470. The highest BCUT2D eigenvalue weighted by atomic mass is 16.5. The third-order valence-electron chi connectivity index (χ3n) is 9.56. The number of anilines is 1. The number of furan rings is 1. The normalized spacial score (nSPS) is 19.6. The molecule has 2 aromatic heterocycles. The first-order valence-electron chi connectivity index (χ1n) is 15.6. The van der Waals surface area contributed by atoms with Crippen LogP contribution in [0.2, 0.25) is 0 Å². The van der Waals surface area contributed by atoms with E-state index in [2.05, 4.69) is 111 Å². The zero-order chi connectivity index (χ0) is 29.3. The standard InChI is InChI=1S/C36H46N4O2/c1-35(2)24-28(25-36(3,4)39(35)5)38-30-18-19-37-34-32(30)31(26-12-8-6-9-13-26)33(42-34)27-14-16-29(17-15-27)41-23-22-40-20-10-7-11-21-40/h6,8-9,12-19,28H,7,10-11,20-25H2,1-5H3,(H,37,38). The number of hydrogen-bond donors (Lipinski definition) is 1. The van der Waals surface area contributed by atoms with E-state index in [1.165, 1.54) is 32.4 Å². The van der Waals surface area contributed by atoms with Gasteiger partial charge in [-0.1, -0.05) is 36.8 Å². The van der Waals surface area contributed by atoms with Crippen molar-refractivity contribution in [2.45, 2.75) is 76.9 Å². The topological polar surface area (TPSA) is 53.8 Å². The van der Waals surface area contributed by atoms with Crippen molar-refractivity contribution in [3.63, 3.8) is 0 Å². The van der Waals surface area contributed by atoms with Gasteiger partial charge in [-0.2, -0.15) is 0 Å². The minimum absolute atomic E-state index is 0.0903. The van der Waals surface area contributed by atoms with Gasteiger partial charge in [0.15, 0.2) is 0 Å². The molecule has 0 unspecified atom stereocenters. The van der Waals surface area contributed by atoms with E-state index in [0.29, 0.717) is 18.4 Å². The minimum atomic E-state index is 0.0903. The second-order valence-corrected chi connectivity index (χ2v) is 13.4. The SMILES string of the molecule is CN1C(C)(C)CC(Nc2ccnc3oc(-c4ccc(OCCN5CCCCC5)cc4)c(-c4ccccc4)c23)CC1(C)C. The Morgan fingerprint density at radius 1 is 0.881 bits per heavy atom. The maximum atomic E-state index is 6.56. The average molecular weight is 567 g/mol. The molecule has 0 bridgehead atoms. The van der Waals surface area contributed by atoms with E-state index in [9.17, 15) is 0 Å². The van der Waals surface area contributed by atoms with Gasteiger partial charge in [-0.05, 0) is 109 Å². The van der Waals surface area contributed by atoms with Gasteiger partial charge in [0.25, 0.3) is 0 Å². The Morgan fingerprint density at radius 2 is 1.57 bits per heavy atom. The molecule has 2 aromatic carbocycles. The maximum Gasteiger partial charge on any atom is 0.229 e. The molecule has 4 heterocycles. The lowest BCUT2D eigenvalue weighted by Gasteiger charge is -2.54. The molecule has 0 spiro atoms. The summed E-state index contributed by atoms with van der Waals surface area (Å²) < 4.78 is 12.7. The Kier molecular flexibility index (Phi) is 8.03. The summed E-state index contributed by atoms with van der Waals surface area (Å²) in [6.45, 7) is 13.4. The van der Waals surface area contributed by atoms with Gasteiger partial charge < -0.3 is 14.5 Å². The fraction of sp³-hybridized carbons (Fsp3) is 0.472. The van der Waals surface area contributed by atoms with Crippen molar-refractivity contribution in [1.29, 1.82) is 0 Å². The predicted molar refractivity (Wildman–Crippen MR) is 173 cm³/mol. The molecule has 2 aliphatic rings. The smallest absolute Gasteiger partial charge is 0.229 e. The van der Waals surface area contributed by atoms with Gasteiger partial charge in [0, 0.05) is 46.7 Å². The zero-order valence-electron chi connectivity index (χ0n) is 26.0. The van der Waals surface area contributed by atoms with Crippen LogP contribution >= 0.6 is 0 Å². The lowest BCUT2D eigenvalue weighted by atomic mass is 9.77. The number of hydrogen-bond acceptors (Lipinski definition) is 6. The number of pyridine rings is 1. The van der Waals surface area contributed by atoms with E-state index in [-0.39, 0.29) is 11.1 Å². The minimum Gasteiger partial charge on any atom is -0.492 e. The van der Waals surface area contributed by atoms with Crippen LogP contribution in [-0.4, -0.2) is 65.2 Å². The highest BCUT2D eigenvalue weighted by Gasteiger charge is 2.43.